The summed E-state index contributed by atoms with van der Waals surface area (Å²) >= 11 is 6.00. The van der Waals surface area contributed by atoms with Crippen LogP contribution in [0.4, 0.5) is 15.9 Å². The summed E-state index contributed by atoms with van der Waals surface area (Å²) in [4.78, 5) is 34.9. The third-order valence-electron chi connectivity index (χ3n) is 7.35. The molecule has 2 aliphatic rings. The molecule has 4 aromatic rings. The van der Waals surface area contributed by atoms with Gasteiger partial charge in [0.25, 0.3) is 11.8 Å². The minimum Gasteiger partial charge on any atom is -0.341 e. The maximum absolute atomic E-state index is 13.8. The lowest BCUT2D eigenvalue weighted by Gasteiger charge is -2.22. The normalized spacial score (nSPS) is 15.0. The summed E-state index contributed by atoms with van der Waals surface area (Å²) in [5, 5.41) is 2.65. The molecule has 198 valence electrons. The van der Waals surface area contributed by atoms with Crippen LogP contribution < -0.4 is 10.2 Å². The van der Waals surface area contributed by atoms with Gasteiger partial charge >= 0.3 is 0 Å². The van der Waals surface area contributed by atoms with Crippen molar-refractivity contribution in [3.05, 3.63) is 112 Å². The lowest BCUT2D eigenvalue weighted by atomic mass is 10.1. The number of pyridine rings is 1. The minimum atomic E-state index is -0.525. The largest absolute Gasteiger partial charge is 0.341 e. The number of benzene rings is 2. The van der Waals surface area contributed by atoms with Crippen molar-refractivity contribution in [2.75, 3.05) is 23.3 Å². The second kappa shape index (κ2) is 10.6. The maximum atomic E-state index is 13.8. The predicted molar refractivity (Wildman–Crippen MR) is 149 cm³/mol. The Morgan fingerprint density at radius 3 is 2.56 bits per heavy atom. The smallest absolute Gasteiger partial charge is 0.260 e. The molecule has 0 unspecified atom stereocenters. The Bertz CT molecular complexity index is 1550. The molecule has 0 bridgehead atoms. The summed E-state index contributed by atoms with van der Waals surface area (Å²) < 4.78 is 15.7. The molecule has 2 aromatic heterocycles. The van der Waals surface area contributed by atoms with Gasteiger partial charge in [-0.2, -0.15) is 0 Å². The van der Waals surface area contributed by atoms with Gasteiger partial charge in [0.1, 0.15) is 11.6 Å². The van der Waals surface area contributed by atoms with Gasteiger partial charge in [-0.05, 0) is 80.0 Å². The number of aromatic nitrogens is 2. The van der Waals surface area contributed by atoms with E-state index in [2.05, 4.69) is 38.0 Å². The number of hydrogen-bond acceptors (Lipinski definition) is 4. The highest BCUT2D eigenvalue weighted by Crippen LogP contribution is 2.31. The first kappa shape index (κ1) is 25.3. The number of carbonyl (C=O) groups is 2. The molecule has 0 atom stereocenters. The lowest BCUT2D eigenvalue weighted by Crippen LogP contribution is -2.30. The number of rotatable bonds is 5. The van der Waals surface area contributed by atoms with Crippen molar-refractivity contribution in [1.29, 1.82) is 0 Å². The first-order valence-corrected chi connectivity index (χ1v) is 13.4. The van der Waals surface area contributed by atoms with Gasteiger partial charge in [-0.3, -0.25) is 14.5 Å². The average molecular weight is 544 g/mol. The fourth-order valence-electron chi connectivity index (χ4n) is 5.32. The molecule has 1 saturated heterocycles. The molecule has 2 amide bonds. The molecular weight excluding hydrogens is 517 g/mol. The lowest BCUT2D eigenvalue weighted by molar-refractivity contribution is 0.0983. The first-order valence-electron chi connectivity index (χ1n) is 13.0. The highest BCUT2D eigenvalue weighted by atomic mass is 35.5. The molecule has 7 nitrogen and oxygen atoms in total. The molecule has 6 rings (SSSR count). The molecular formula is C30H27ClFN5O2. The first-order chi connectivity index (χ1) is 19.0. The fourth-order valence-corrected chi connectivity index (χ4v) is 5.57. The topological polar surface area (TPSA) is 70.5 Å². The van der Waals surface area contributed by atoms with Crippen LogP contribution in [-0.4, -0.2) is 39.4 Å². The Hall–Kier alpha value is -4.01. The SMILES string of the molecule is O=C(Nc1ccc(C(=O)N2Cc3ccc(CN4CCCC4)n3Cc3ccccc32)cn1)c1ccc(F)cc1Cl. The van der Waals surface area contributed by atoms with E-state index in [0.29, 0.717) is 18.7 Å². The van der Waals surface area contributed by atoms with E-state index in [-0.39, 0.29) is 22.3 Å². The van der Waals surface area contributed by atoms with Crippen LogP contribution in [0.5, 0.6) is 0 Å². The predicted octanol–water partition coefficient (Wildman–Crippen LogP) is 5.73. The van der Waals surface area contributed by atoms with E-state index in [1.54, 1.807) is 17.0 Å². The average Bonchev–Trinajstić information content (AvgIpc) is 3.54. The van der Waals surface area contributed by atoms with Gasteiger partial charge in [0.05, 0.1) is 22.7 Å². The zero-order valence-electron chi connectivity index (χ0n) is 21.2. The van der Waals surface area contributed by atoms with Gasteiger partial charge in [-0.15, -0.1) is 0 Å². The second-order valence-corrected chi connectivity index (χ2v) is 10.3. The van der Waals surface area contributed by atoms with Gasteiger partial charge in [-0.1, -0.05) is 29.8 Å². The Morgan fingerprint density at radius 1 is 0.974 bits per heavy atom. The van der Waals surface area contributed by atoms with Crippen molar-refractivity contribution in [3.63, 3.8) is 0 Å². The van der Waals surface area contributed by atoms with Crippen molar-refractivity contribution in [1.82, 2.24) is 14.5 Å². The molecule has 0 saturated carbocycles. The zero-order chi connectivity index (χ0) is 26.9. The van der Waals surface area contributed by atoms with Crippen LogP contribution in [0, 0.1) is 5.82 Å². The summed E-state index contributed by atoms with van der Waals surface area (Å²) in [6, 6.07) is 19.1. The van der Waals surface area contributed by atoms with Crippen LogP contribution >= 0.6 is 11.6 Å². The number of para-hydroxylation sites is 1. The summed E-state index contributed by atoms with van der Waals surface area (Å²) in [6.45, 7) is 4.32. The van der Waals surface area contributed by atoms with E-state index in [4.69, 9.17) is 11.6 Å². The number of anilines is 2. The molecule has 1 N–H and O–H groups in total. The Morgan fingerprint density at radius 2 is 1.79 bits per heavy atom. The third kappa shape index (κ3) is 5.17. The fraction of sp³-hybridized carbons (Fsp3) is 0.233. The third-order valence-corrected chi connectivity index (χ3v) is 7.66. The van der Waals surface area contributed by atoms with E-state index < -0.39 is 11.7 Å². The van der Waals surface area contributed by atoms with Crippen molar-refractivity contribution in [2.45, 2.75) is 32.5 Å². The molecule has 0 radical (unpaired) electrons. The number of hydrogen-bond donors (Lipinski definition) is 1. The second-order valence-electron chi connectivity index (χ2n) is 9.92. The van der Waals surface area contributed by atoms with Crippen LogP contribution in [0.2, 0.25) is 5.02 Å². The summed E-state index contributed by atoms with van der Waals surface area (Å²) in [7, 11) is 0. The molecule has 0 spiro atoms. The minimum absolute atomic E-state index is 0.00691. The van der Waals surface area contributed by atoms with Crippen molar-refractivity contribution >= 4 is 34.9 Å². The van der Waals surface area contributed by atoms with E-state index in [9.17, 15) is 14.0 Å². The van der Waals surface area contributed by atoms with Crippen LogP contribution in [-0.2, 0) is 19.6 Å². The number of fused-ring (bicyclic) bond motifs is 2. The number of nitrogens with zero attached hydrogens (tertiary/aromatic N) is 4. The summed E-state index contributed by atoms with van der Waals surface area (Å²) in [5.41, 5.74) is 4.84. The van der Waals surface area contributed by atoms with E-state index >= 15 is 0 Å². The van der Waals surface area contributed by atoms with E-state index in [0.717, 1.165) is 42.6 Å². The van der Waals surface area contributed by atoms with Gasteiger partial charge < -0.3 is 14.8 Å². The van der Waals surface area contributed by atoms with Crippen molar-refractivity contribution in [2.24, 2.45) is 0 Å². The number of amides is 2. The van der Waals surface area contributed by atoms with E-state index in [1.165, 1.54) is 36.9 Å². The van der Waals surface area contributed by atoms with Gasteiger partial charge in [0.15, 0.2) is 0 Å². The number of carbonyl (C=O) groups excluding carboxylic acids is 2. The highest BCUT2D eigenvalue weighted by molar-refractivity contribution is 6.34. The van der Waals surface area contributed by atoms with Gasteiger partial charge in [0.2, 0.25) is 0 Å². The molecule has 39 heavy (non-hydrogen) atoms. The monoisotopic (exact) mass is 543 g/mol. The Balaban J connectivity index is 1.23. The van der Waals surface area contributed by atoms with Crippen LogP contribution in [0.3, 0.4) is 0 Å². The molecule has 1 fully saturated rings. The molecule has 9 heteroatoms. The van der Waals surface area contributed by atoms with E-state index in [1.807, 2.05) is 18.2 Å². The van der Waals surface area contributed by atoms with Crippen molar-refractivity contribution < 1.29 is 14.0 Å². The standard InChI is InChI=1S/C30H27ClFN5O2/c31-26-15-22(32)8-11-25(26)29(38)34-28-12-7-20(16-33-28)30(39)37-19-24-10-9-23(18-35-13-3-4-14-35)36(24)17-21-5-1-2-6-27(21)37/h1-2,5-12,15-16H,3-4,13-14,17-19H2,(H,33,34,38). The van der Waals surface area contributed by atoms with Crippen LogP contribution in [0.1, 0.15) is 50.5 Å². The molecule has 2 aromatic carbocycles. The summed E-state index contributed by atoms with van der Waals surface area (Å²) in [6.07, 6.45) is 3.94. The van der Waals surface area contributed by atoms with Crippen LogP contribution in [0.25, 0.3) is 0 Å². The molecule has 4 heterocycles. The van der Waals surface area contributed by atoms with Crippen LogP contribution in [0.15, 0.2) is 72.9 Å². The Labute approximate surface area is 230 Å². The highest BCUT2D eigenvalue weighted by Gasteiger charge is 2.27. The summed E-state index contributed by atoms with van der Waals surface area (Å²) in [5.74, 6) is -0.958. The zero-order valence-corrected chi connectivity index (χ0v) is 22.0. The van der Waals surface area contributed by atoms with Gasteiger partial charge in [0, 0.05) is 36.4 Å². The number of halogens is 2. The maximum Gasteiger partial charge on any atom is 0.260 e. The molecule has 2 aliphatic heterocycles. The number of nitrogens with one attached hydrogen (secondary N) is 1. The molecule has 0 aliphatic carbocycles. The van der Waals surface area contributed by atoms with Crippen molar-refractivity contribution in [3.8, 4) is 0 Å². The van der Waals surface area contributed by atoms with Gasteiger partial charge in [-0.25, -0.2) is 9.37 Å². The quantitative estimate of drug-likeness (QED) is 0.349. The Kier molecular flexibility index (Phi) is 6.89. The number of likely N-dealkylation sites (tertiary alicyclic amines) is 1.